The van der Waals surface area contributed by atoms with Gasteiger partial charge in [0.1, 0.15) is 10.6 Å². The Morgan fingerprint density at radius 1 is 1.36 bits per heavy atom. The van der Waals surface area contributed by atoms with Crippen LogP contribution in [0.15, 0.2) is 29.4 Å². The molecule has 28 heavy (non-hydrogen) atoms. The number of carbonyl (C=O) groups excluding carboxylic acids is 1. The molecule has 150 valence electrons. The molecule has 0 spiro atoms. The lowest BCUT2D eigenvalue weighted by Gasteiger charge is -2.33. The fourth-order valence-electron chi connectivity index (χ4n) is 2.97. The molecule has 9 nitrogen and oxygen atoms in total. The van der Waals surface area contributed by atoms with Crippen LogP contribution in [-0.4, -0.2) is 54.0 Å². The van der Waals surface area contributed by atoms with E-state index in [2.05, 4.69) is 9.97 Å². The number of amides is 1. The predicted octanol–water partition coefficient (Wildman–Crippen LogP) is 3.05. The lowest BCUT2D eigenvalue weighted by Crippen LogP contribution is -2.45. The Balaban J connectivity index is 1.76. The highest BCUT2D eigenvalue weighted by atomic mass is 32.2. The molecule has 0 saturated carbocycles. The van der Waals surface area contributed by atoms with Crippen LogP contribution in [0.3, 0.4) is 0 Å². The third-order valence-electron chi connectivity index (χ3n) is 4.25. The van der Waals surface area contributed by atoms with Gasteiger partial charge in [0, 0.05) is 25.2 Å². The monoisotopic (exact) mass is 406 g/mol. The van der Waals surface area contributed by atoms with E-state index in [-0.39, 0.29) is 10.9 Å². The van der Waals surface area contributed by atoms with E-state index in [0.717, 1.165) is 6.42 Å². The maximum absolute atomic E-state index is 13.0. The van der Waals surface area contributed by atoms with Gasteiger partial charge in [0.2, 0.25) is 0 Å². The van der Waals surface area contributed by atoms with Crippen LogP contribution < -0.4 is 0 Å². The lowest BCUT2D eigenvalue weighted by molar-refractivity contribution is -0.384. The van der Waals surface area contributed by atoms with Gasteiger partial charge < -0.3 is 9.64 Å². The third-order valence-corrected chi connectivity index (χ3v) is 5.85. The highest BCUT2D eigenvalue weighted by molar-refractivity contribution is 7.85. The van der Waals surface area contributed by atoms with Crippen molar-refractivity contribution in [2.24, 2.45) is 0 Å². The van der Waals surface area contributed by atoms with Gasteiger partial charge in [-0.05, 0) is 39.7 Å². The Morgan fingerprint density at radius 2 is 2.11 bits per heavy atom. The molecule has 0 N–H and O–H groups in total. The average Bonchev–Trinajstić information content (AvgIpc) is 2.65. The summed E-state index contributed by atoms with van der Waals surface area (Å²) in [4.78, 5) is 32.8. The number of benzene rings is 1. The number of nitro groups is 1. The molecular formula is C18H22N4O5S. The maximum Gasteiger partial charge on any atom is 0.410 e. The maximum atomic E-state index is 13.0. The molecule has 3 rings (SSSR count). The van der Waals surface area contributed by atoms with E-state index in [9.17, 15) is 19.1 Å². The summed E-state index contributed by atoms with van der Waals surface area (Å²) in [6.45, 7) is 6.30. The van der Waals surface area contributed by atoms with E-state index < -0.39 is 27.4 Å². The Kier molecular flexibility index (Phi) is 5.59. The first-order chi connectivity index (χ1) is 13.1. The molecule has 2 heterocycles. The Labute approximate surface area is 164 Å². The summed E-state index contributed by atoms with van der Waals surface area (Å²) in [7, 11) is -1.46. The van der Waals surface area contributed by atoms with Gasteiger partial charge >= 0.3 is 6.09 Å². The zero-order valence-electron chi connectivity index (χ0n) is 16.0. The minimum absolute atomic E-state index is 0.0732. The Bertz CT molecular complexity index is 943. The summed E-state index contributed by atoms with van der Waals surface area (Å²) in [5, 5.41) is 10.9. The van der Waals surface area contributed by atoms with E-state index in [1.807, 2.05) is 0 Å². The smallest absolute Gasteiger partial charge is 0.410 e. The summed E-state index contributed by atoms with van der Waals surface area (Å²) in [6, 6.07) is 4.17. The van der Waals surface area contributed by atoms with Crippen molar-refractivity contribution in [2.45, 2.75) is 49.5 Å². The van der Waals surface area contributed by atoms with Gasteiger partial charge in [-0.2, -0.15) is 0 Å². The molecule has 1 saturated heterocycles. The molecule has 1 fully saturated rings. The molecule has 0 aliphatic carbocycles. The highest BCUT2D eigenvalue weighted by Crippen LogP contribution is 2.23. The van der Waals surface area contributed by atoms with Crippen molar-refractivity contribution < 1.29 is 18.7 Å². The Morgan fingerprint density at radius 3 is 2.79 bits per heavy atom. The van der Waals surface area contributed by atoms with Crippen LogP contribution in [0, 0.1) is 10.1 Å². The minimum Gasteiger partial charge on any atom is -0.444 e. The summed E-state index contributed by atoms with van der Waals surface area (Å²) in [5.41, 5.74) is 0.150. The SMILES string of the molecule is CC(C)(C)OC(=O)N1CCC[C@@H]([S@@](=O)c2cnc3cc([N+](=O)[O-])ccc3n2)C1. The van der Waals surface area contributed by atoms with E-state index in [1.54, 1.807) is 25.7 Å². The number of carbonyl (C=O) groups is 1. The van der Waals surface area contributed by atoms with Gasteiger partial charge in [0.15, 0.2) is 0 Å². The fourth-order valence-corrected chi connectivity index (χ4v) is 4.35. The molecule has 1 amide bonds. The van der Waals surface area contributed by atoms with Crippen molar-refractivity contribution in [2.75, 3.05) is 13.1 Å². The molecule has 1 aromatic carbocycles. The van der Waals surface area contributed by atoms with Crippen LogP contribution in [0.2, 0.25) is 0 Å². The molecule has 0 radical (unpaired) electrons. The van der Waals surface area contributed by atoms with Gasteiger partial charge in [-0.3, -0.25) is 19.3 Å². The second-order valence-corrected chi connectivity index (χ2v) is 9.31. The zero-order valence-corrected chi connectivity index (χ0v) is 16.8. The molecular weight excluding hydrogens is 384 g/mol. The molecule has 0 unspecified atom stereocenters. The summed E-state index contributed by atoms with van der Waals surface area (Å²) in [5.74, 6) is 0. The van der Waals surface area contributed by atoms with E-state index in [1.165, 1.54) is 24.4 Å². The first-order valence-corrected chi connectivity index (χ1v) is 10.1. The van der Waals surface area contributed by atoms with Crippen molar-refractivity contribution in [1.82, 2.24) is 14.9 Å². The predicted molar refractivity (Wildman–Crippen MR) is 103 cm³/mol. The molecule has 1 aromatic heterocycles. The number of fused-ring (bicyclic) bond motifs is 1. The van der Waals surface area contributed by atoms with E-state index in [4.69, 9.17) is 4.74 Å². The minimum atomic E-state index is -1.46. The summed E-state index contributed by atoms with van der Waals surface area (Å²) >= 11 is 0. The van der Waals surface area contributed by atoms with Gasteiger partial charge in [0.05, 0.1) is 38.2 Å². The number of aromatic nitrogens is 2. The number of ether oxygens (including phenoxy) is 1. The molecule has 1 aliphatic rings. The number of nitro benzene ring substituents is 1. The first kappa shape index (κ1) is 20.1. The van der Waals surface area contributed by atoms with E-state index in [0.29, 0.717) is 35.6 Å². The number of nitrogens with zero attached hydrogens (tertiary/aromatic N) is 4. The van der Waals surface area contributed by atoms with Crippen molar-refractivity contribution in [1.29, 1.82) is 0 Å². The van der Waals surface area contributed by atoms with Crippen LogP contribution in [0.25, 0.3) is 11.0 Å². The summed E-state index contributed by atoms with van der Waals surface area (Å²) < 4.78 is 18.4. The average molecular weight is 406 g/mol. The number of non-ortho nitro benzene ring substituents is 1. The molecule has 1 aliphatic heterocycles. The number of likely N-dealkylation sites (tertiary alicyclic amines) is 1. The van der Waals surface area contributed by atoms with Gasteiger partial charge in [0.25, 0.3) is 5.69 Å². The van der Waals surface area contributed by atoms with Crippen molar-refractivity contribution in [3.05, 3.63) is 34.5 Å². The zero-order chi connectivity index (χ0) is 20.5. The number of hydrogen-bond acceptors (Lipinski definition) is 7. The summed E-state index contributed by atoms with van der Waals surface area (Å²) in [6.07, 6.45) is 2.40. The van der Waals surface area contributed by atoms with Crippen LogP contribution in [0.4, 0.5) is 10.5 Å². The van der Waals surface area contributed by atoms with Gasteiger partial charge in [-0.1, -0.05) is 0 Å². The van der Waals surface area contributed by atoms with Crippen molar-refractivity contribution in [3.8, 4) is 0 Å². The second kappa shape index (κ2) is 7.78. The number of piperidine rings is 1. The van der Waals surface area contributed by atoms with Crippen LogP contribution in [0.5, 0.6) is 0 Å². The van der Waals surface area contributed by atoms with Gasteiger partial charge in [-0.15, -0.1) is 0 Å². The standard InChI is InChI=1S/C18H22N4O5S/c1-18(2,3)27-17(23)21-8-4-5-13(11-21)28(26)16-10-19-15-9-12(22(24)25)6-7-14(15)20-16/h6-7,9-10,13H,4-5,8,11H2,1-3H3/t13-,28-/m1/s1. The first-order valence-electron chi connectivity index (χ1n) is 8.94. The van der Waals surface area contributed by atoms with Gasteiger partial charge in [-0.25, -0.2) is 9.78 Å². The fraction of sp³-hybridized carbons (Fsp3) is 0.500. The topological polar surface area (TPSA) is 116 Å². The number of rotatable bonds is 3. The normalized spacial score (nSPS) is 18.7. The van der Waals surface area contributed by atoms with Crippen molar-refractivity contribution in [3.63, 3.8) is 0 Å². The van der Waals surface area contributed by atoms with E-state index >= 15 is 0 Å². The molecule has 0 bridgehead atoms. The van der Waals surface area contributed by atoms with Crippen LogP contribution >= 0.6 is 0 Å². The quantitative estimate of drug-likeness (QED) is 0.568. The molecule has 2 aromatic rings. The Hall–Kier alpha value is -2.62. The van der Waals surface area contributed by atoms with Crippen LogP contribution in [-0.2, 0) is 15.5 Å². The highest BCUT2D eigenvalue weighted by Gasteiger charge is 2.31. The second-order valence-electron chi connectivity index (χ2n) is 7.63. The van der Waals surface area contributed by atoms with Crippen LogP contribution in [0.1, 0.15) is 33.6 Å². The molecule has 2 atom stereocenters. The van der Waals surface area contributed by atoms with Crippen molar-refractivity contribution >= 4 is 33.6 Å². The largest absolute Gasteiger partial charge is 0.444 e. The number of hydrogen-bond donors (Lipinski definition) is 0. The lowest BCUT2D eigenvalue weighted by atomic mass is 10.1. The third kappa shape index (κ3) is 4.61. The molecule has 10 heteroatoms.